The molecule has 1 radical (unpaired) electrons. The zero-order valence-corrected chi connectivity index (χ0v) is 6.08. The zero-order chi connectivity index (χ0) is 2.71. The van der Waals surface area contributed by atoms with Gasteiger partial charge in [-0.25, -0.2) is 0 Å². The summed E-state index contributed by atoms with van der Waals surface area (Å²) in [5.41, 5.74) is 0. The van der Waals surface area contributed by atoms with Crippen LogP contribution in [-0.4, -0.2) is 24.7 Å². The molecule has 2 N–H and O–H groups in total. The predicted molar refractivity (Wildman–Crippen MR) is 22.8 cm³/mol. The molecule has 0 bridgehead atoms. The monoisotopic (exact) mass is 185 g/mol. The molecule has 0 heterocycles. The molecule has 0 rings (SSSR count). The summed E-state index contributed by atoms with van der Waals surface area (Å²) in [5.74, 6) is 0. The van der Waals surface area contributed by atoms with Crippen LogP contribution in [0.3, 0.4) is 0 Å². The maximum atomic E-state index is 4.56. The first-order valence-electron chi connectivity index (χ1n) is 0.704. The Kier molecular flexibility index (Phi) is 20.0. The fraction of sp³-hybridized carbons (Fsp3) is 1.00. The van der Waals surface area contributed by atoms with E-state index in [2.05, 4.69) is 14.2 Å². The second-order valence-corrected chi connectivity index (χ2v) is 4.11. The average Bonchev–Trinajstić information content (AvgIpc) is 0.918. The van der Waals surface area contributed by atoms with E-state index >= 15 is 0 Å². The van der Waals surface area contributed by atoms with Gasteiger partial charge in [0.2, 0.25) is 0 Å². The molecule has 0 aromatic carbocycles. The summed E-state index contributed by atoms with van der Waals surface area (Å²) < 4.78 is 0. The molecule has 0 amide bonds. The van der Waals surface area contributed by atoms with Gasteiger partial charge in [0.25, 0.3) is 0 Å². The van der Waals surface area contributed by atoms with Gasteiger partial charge in [-0.2, -0.15) is 0 Å². The van der Waals surface area contributed by atoms with Gasteiger partial charge in [0.15, 0.2) is 0 Å². The average molecular weight is 184 g/mol. The van der Waals surface area contributed by atoms with Crippen LogP contribution in [0.25, 0.3) is 0 Å². The van der Waals surface area contributed by atoms with Crippen molar-refractivity contribution >= 4 is 28.5 Å². The van der Waals surface area contributed by atoms with Gasteiger partial charge in [-0.3, -0.25) is 0 Å². The van der Waals surface area contributed by atoms with Gasteiger partial charge in [0.05, 0.1) is 0 Å². The quantitative estimate of drug-likeness (QED) is 0.488. The van der Waals surface area contributed by atoms with E-state index in [4.69, 9.17) is 0 Å². The number of hydrogen-bond acceptors (Lipinski definition) is 1. The van der Waals surface area contributed by atoms with Crippen molar-refractivity contribution in [1.29, 1.82) is 0 Å². The Morgan fingerprint density at radius 2 is 1.75 bits per heavy atom. The van der Waals surface area contributed by atoms with Crippen LogP contribution in [0.15, 0.2) is 0 Å². The zero-order valence-electron chi connectivity index (χ0n) is 2.41. The molecule has 3 heteroatoms. The van der Waals surface area contributed by atoms with Crippen molar-refractivity contribution in [2.45, 2.75) is 4.94 Å². The summed E-state index contributed by atoms with van der Waals surface area (Å²) in [7, 11) is 4.56. The van der Waals surface area contributed by atoms with E-state index in [0.29, 0.717) is 0 Å². The predicted octanol–water partition coefficient (Wildman–Crippen LogP) is 0.0265. The Morgan fingerprint density at radius 3 is 1.75 bits per heavy atom. The molecule has 0 aliphatic heterocycles. The van der Waals surface area contributed by atoms with Crippen LogP contribution in [0.5, 0.6) is 0 Å². The van der Waals surface area contributed by atoms with Crippen LogP contribution in [0.4, 0.5) is 0 Å². The fourth-order valence-electron chi connectivity index (χ4n) is 0. The molecular weight excluding hydrogens is 179 g/mol. The minimum absolute atomic E-state index is 0. The first kappa shape index (κ1) is 8.88. The Morgan fingerprint density at radius 1 is 1.75 bits per heavy atom. The van der Waals surface area contributed by atoms with E-state index in [-0.39, 0.29) is 24.7 Å². The molecule has 0 aromatic rings. The summed E-state index contributed by atoms with van der Waals surface area (Å²) in [6.45, 7) is 0. The Balaban J connectivity index is 0. The van der Waals surface area contributed by atoms with Gasteiger partial charge in [-0.05, 0) is 0 Å². The van der Waals surface area contributed by atoms with Gasteiger partial charge in [0.1, 0.15) is 0 Å². The normalized spacial score (nSPS) is 3.25. The Hall–Kier alpha value is 0.979. The summed E-state index contributed by atoms with van der Waals surface area (Å²) >= 11 is -0.187. The van der Waals surface area contributed by atoms with E-state index in [9.17, 15) is 0 Å². The molecule has 4 heavy (non-hydrogen) atoms. The first-order chi connectivity index (χ1) is 1.41. The molecule has 0 saturated heterocycles. The third kappa shape index (κ3) is 12.2. The molecule has 0 aromatic heterocycles. The molecule has 0 atom stereocenters. The summed E-state index contributed by atoms with van der Waals surface area (Å²) in [5, 5.41) is 0. The van der Waals surface area contributed by atoms with E-state index in [1.165, 1.54) is 0 Å². The van der Waals surface area contributed by atoms with Crippen LogP contribution in [0.1, 0.15) is 0 Å². The van der Waals surface area contributed by atoms with Crippen LogP contribution in [0, 0.1) is 0 Å². The molecule has 0 saturated carbocycles. The first-order valence-corrected chi connectivity index (χ1v) is 7.46. The van der Waals surface area contributed by atoms with Crippen LogP contribution >= 0.6 is 9.29 Å². The standard InChI is InChI=1S/CH3.H2O.S.Sn/h1H3;1H2;;. The molecule has 0 aliphatic rings. The van der Waals surface area contributed by atoms with Crippen molar-refractivity contribution in [1.82, 2.24) is 0 Å². The molecule has 0 aliphatic carbocycles. The number of hydrogen-bond donors (Lipinski definition) is 0. The van der Waals surface area contributed by atoms with Crippen molar-refractivity contribution in [3.05, 3.63) is 0 Å². The topological polar surface area (TPSA) is 31.5 Å². The fourth-order valence-corrected chi connectivity index (χ4v) is 0. The minimum atomic E-state index is -0.187. The van der Waals surface area contributed by atoms with E-state index < -0.39 is 0 Å². The van der Waals surface area contributed by atoms with Gasteiger partial charge >= 0.3 is 33.4 Å². The second kappa shape index (κ2) is 9.02. The molecule has 0 spiro atoms. The molecule has 0 unspecified atom stereocenters. The number of rotatable bonds is 0. The van der Waals surface area contributed by atoms with Crippen molar-refractivity contribution in [3.8, 4) is 0 Å². The van der Waals surface area contributed by atoms with Crippen molar-refractivity contribution < 1.29 is 5.48 Å². The van der Waals surface area contributed by atoms with Crippen molar-refractivity contribution in [2.24, 2.45) is 0 Å². The van der Waals surface area contributed by atoms with Crippen molar-refractivity contribution in [2.75, 3.05) is 0 Å². The summed E-state index contributed by atoms with van der Waals surface area (Å²) in [4.78, 5) is 2.11. The molecule has 0 fully saturated rings. The van der Waals surface area contributed by atoms with Gasteiger partial charge in [-0.1, -0.05) is 0 Å². The van der Waals surface area contributed by atoms with Crippen LogP contribution in [0.2, 0.25) is 4.94 Å². The van der Waals surface area contributed by atoms with Gasteiger partial charge in [0, 0.05) is 0 Å². The molecule has 25 valence electrons. The van der Waals surface area contributed by atoms with E-state index in [1.54, 1.807) is 0 Å². The van der Waals surface area contributed by atoms with Crippen molar-refractivity contribution in [3.63, 3.8) is 0 Å². The maximum absolute atomic E-state index is 4.56. The SMILES string of the molecule is O.[CH3][Sn]=[S]. The van der Waals surface area contributed by atoms with Crippen LogP contribution < -0.4 is 0 Å². The summed E-state index contributed by atoms with van der Waals surface area (Å²) in [6, 6.07) is 0. The third-order valence-electron chi connectivity index (χ3n) is 0. The van der Waals surface area contributed by atoms with E-state index in [0.717, 1.165) is 0 Å². The second-order valence-electron chi connectivity index (χ2n) is 0.204. The Labute approximate surface area is 39.1 Å². The van der Waals surface area contributed by atoms with E-state index in [1.807, 2.05) is 0 Å². The van der Waals surface area contributed by atoms with Gasteiger partial charge in [-0.15, -0.1) is 0 Å². The Bertz CT molecular complexity index is 15.5. The van der Waals surface area contributed by atoms with Gasteiger partial charge < -0.3 is 5.48 Å². The molecule has 1 nitrogen and oxygen atoms in total. The summed E-state index contributed by atoms with van der Waals surface area (Å²) in [6.07, 6.45) is 0. The third-order valence-corrected chi connectivity index (χ3v) is 0. The van der Waals surface area contributed by atoms with Crippen LogP contribution in [-0.2, 0) is 0 Å². The molecular formula is CH5OSSn.